The smallest absolute Gasteiger partial charge is 0.216 e. The van der Waals surface area contributed by atoms with Gasteiger partial charge in [-0.15, -0.1) is 0 Å². The number of benzene rings is 1. The fraction of sp³-hybridized carbons (Fsp3) is 0.677. The van der Waals surface area contributed by atoms with Gasteiger partial charge in [-0.05, 0) is 55.4 Å². The first-order chi connectivity index (χ1) is 17.2. The minimum atomic E-state index is 0.653. The quantitative estimate of drug-likeness (QED) is 0.200. The fourth-order valence-electron chi connectivity index (χ4n) is 5.23. The van der Waals surface area contributed by atoms with Crippen LogP contribution < -0.4 is 9.47 Å². The van der Waals surface area contributed by atoms with Crippen LogP contribution in [-0.2, 0) is 0 Å². The van der Waals surface area contributed by atoms with E-state index in [4.69, 9.17) is 9.47 Å². The molecule has 1 aromatic carbocycles. The minimum Gasteiger partial charge on any atom is -0.494 e. The van der Waals surface area contributed by atoms with Gasteiger partial charge in [0.1, 0.15) is 5.75 Å². The normalized spacial score (nSPS) is 14.8. The Labute approximate surface area is 214 Å². The highest BCUT2D eigenvalue weighted by Gasteiger charge is 2.13. The van der Waals surface area contributed by atoms with Crippen LogP contribution in [0.5, 0.6) is 11.6 Å². The Morgan fingerprint density at radius 2 is 1.54 bits per heavy atom. The van der Waals surface area contributed by atoms with Crippen LogP contribution >= 0.6 is 0 Å². The molecule has 0 radical (unpaired) electrons. The predicted octanol–water partition coefficient (Wildman–Crippen LogP) is 9.04. The van der Waals surface area contributed by atoms with Crippen molar-refractivity contribution >= 4 is 0 Å². The second-order valence-corrected chi connectivity index (χ2v) is 10.5. The Bertz CT molecular complexity index is 802. The highest BCUT2D eigenvalue weighted by atomic mass is 16.5. The molecule has 4 nitrogen and oxygen atoms in total. The summed E-state index contributed by atoms with van der Waals surface area (Å²) in [6, 6.07) is 9.95. The molecule has 1 heterocycles. The van der Waals surface area contributed by atoms with Crippen molar-refractivity contribution < 1.29 is 9.47 Å². The van der Waals surface area contributed by atoms with Gasteiger partial charge >= 0.3 is 0 Å². The Balaban J connectivity index is 1.29. The molecule has 35 heavy (non-hydrogen) atoms. The van der Waals surface area contributed by atoms with Crippen molar-refractivity contribution in [3.63, 3.8) is 0 Å². The largest absolute Gasteiger partial charge is 0.494 e. The van der Waals surface area contributed by atoms with Gasteiger partial charge in [-0.2, -0.15) is 4.98 Å². The maximum atomic E-state index is 5.95. The summed E-state index contributed by atoms with van der Waals surface area (Å²) < 4.78 is 11.8. The van der Waals surface area contributed by atoms with Crippen LogP contribution in [0.2, 0.25) is 0 Å². The third-order valence-electron chi connectivity index (χ3n) is 7.37. The molecular formula is C31H48N2O2. The van der Waals surface area contributed by atoms with E-state index in [1.54, 1.807) is 6.20 Å². The van der Waals surface area contributed by atoms with Crippen molar-refractivity contribution in [1.29, 1.82) is 0 Å². The average Bonchev–Trinajstić information content (AvgIpc) is 3.40. The molecule has 1 unspecified atom stereocenters. The second kappa shape index (κ2) is 16.5. The predicted molar refractivity (Wildman–Crippen MR) is 146 cm³/mol. The Kier molecular flexibility index (Phi) is 13.0. The van der Waals surface area contributed by atoms with Crippen molar-refractivity contribution in [2.45, 2.75) is 110 Å². The summed E-state index contributed by atoms with van der Waals surface area (Å²) >= 11 is 0. The zero-order valence-electron chi connectivity index (χ0n) is 22.4. The first-order valence-electron chi connectivity index (χ1n) is 14.4. The maximum Gasteiger partial charge on any atom is 0.216 e. The number of unbranched alkanes of at least 4 members (excludes halogenated alkanes) is 5. The van der Waals surface area contributed by atoms with Crippen LogP contribution in [0.4, 0.5) is 0 Å². The molecular weight excluding hydrogens is 432 g/mol. The van der Waals surface area contributed by atoms with E-state index in [0.717, 1.165) is 42.6 Å². The maximum absolute atomic E-state index is 5.95. The van der Waals surface area contributed by atoms with E-state index in [1.807, 2.05) is 30.3 Å². The van der Waals surface area contributed by atoms with Crippen molar-refractivity contribution in [1.82, 2.24) is 9.97 Å². The summed E-state index contributed by atoms with van der Waals surface area (Å²) in [4.78, 5) is 9.03. The van der Waals surface area contributed by atoms with E-state index in [9.17, 15) is 0 Å². The molecule has 1 aliphatic rings. The van der Waals surface area contributed by atoms with Crippen LogP contribution in [0, 0.1) is 11.8 Å². The van der Waals surface area contributed by atoms with Gasteiger partial charge < -0.3 is 9.47 Å². The van der Waals surface area contributed by atoms with Gasteiger partial charge in [0.15, 0.2) is 5.82 Å². The van der Waals surface area contributed by atoms with Gasteiger partial charge in [0.2, 0.25) is 5.88 Å². The monoisotopic (exact) mass is 480 g/mol. The highest BCUT2D eigenvalue weighted by Crippen LogP contribution is 2.29. The molecule has 4 heteroatoms. The minimum absolute atomic E-state index is 0.653. The third-order valence-corrected chi connectivity index (χ3v) is 7.37. The van der Waals surface area contributed by atoms with Gasteiger partial charge in [-0.3, -0.25) is 0 Å². The molecule has 3 rings (SSSR count). The molecule has 0 spiro atoms. The first kappa shape index (κ1) is 27.5. The van der Waals surface area contributed by atoms with Gasteiger partial charge in [0.05, 0.1) is 13.2 Å². The molecule has 1 fully saturated rings. The average molecular weight is 481 g/mol. The topological polar surface area (TPSA) is 44.2 Å². The number of ether oxygens (including phenoxy) is 2. The van der Waals surface area contributed by atoms with Crippen LogP contribution in [0.3, 0.4) is 0 Å². The SMILES string of the molecule is CCCC(C)CCCCOc1ccnc(-c2ccc(OCCCCCCCC3CCCC3)cc2)n1. The summed E-state index contributed by atoms with van der Waals surface area (Å²) in [6.45, 7) is 6.10. The van der Waals surface area contributed by atoms with Crippen LogP contribution in [0.15, 0.2) is 36.5 Å². The zero-order chi connectivity index (χ0) is 24.6. The molecule has 0 bridgehead atoms. The number of hydrogen-bond donors (Lipinski definition) is 0. The van der Waals surface area contributed by atoms with E-state index < -0.39 is 0 Å². The summed E-state index contributed by atoms with van der Waals surface area (Å²) in [7, 11) is 0. The van der Waals surface area contributed by atoms with E-state index in [2.05, 4.69) is 23.8 Å². The molecule has 0 aliphatic heterocycles. The van der Waals surface area contributed by atoms with Gasteiger partial charge in [-0.1, -0.05) is 90.9 Å². The fourth-order valence-corrected chi connectivity index (χ4v) is 5.23. The van der Waals surface area contributed by atoms with Gasteiger partial charge in [0, 0.05) is 17.8 Å². The molecule has 1 aromatic heterocycles. The summed E-state index contributed by atoms with van der Waals surface area (Å²) in [5, 5.41) is 0. The molecule has 1 aliphatic carbocycles. The number of aromatic nitrogens is 2. The van der Waals surface area contributed by atoms with E-state index in [-0.39, 0.29) is 0 Å². The van der Waals surface area contributed by atoms with E-state index >= 15 is 0 Å². The molecule has 1 atom stereocenters. The molecule has 194 valence electrons. The molecule has 0 saturated heterocycles. The Morgan fingerprint density at radius 1 is 0.829 bits per heavy atom. The molecule has 0 amide bonds. The summed E-state index contributed by atoms with van der Waals surface area (Å²) in [5.41, 5.74) is 0.985. The molecule has 2 aromatic rings. The number of rotatable bonds is 18. The van der Waals surface area contributed by atoms with Crippen molar-refractivity contribution in [3.05, 3.63) is 36.5 Å². The standard InChI is InChI=1S/C31H48N2O2/c1-3-13-26(2)14-10-12-25-35-30-22-23-32-31(33-30)28-18-20-29(21-19-28)34-24-11-6-4-5-7-15-27-16-8-9-17-27/h18-23,26-27H,3-17,24-25H2,1-2H3. The van der Waals surface area contributed by atoms with Gasteiger partial charge in [0.25, 0.3) is 0 Å². The van der Waals surface area contributed by atoms with Crippen molar-refractivity contribution in [3.8, 4) is 23.0 Å². The lowest BCUT2D eigenvalue weighted by Crippen LogP contribution is -2.02. The Morgan fingerprint density at radius 3 is 2.34 bits per heavy atom. The lowest BCUT2D eigenvalue weighted by Gasteiger charge is -2.10. The van der Waals surface area contributed by atoms with E-state index in [1.165, 1.54) is 83.5 Å². The van der Waals surface area contributed by atoms with Gasteiger partial charge in [-0.25, -0.2) is 4.98 Å². The highest BCUT2D eigenvalue weighted by molar-refractivity contribution is 5.56. The summed E-state index contributed by atoms with van der Waals surface area (Å²) in [5.74, 6) is 4.12. The number of nitrogens with zero attached hydrogens (tertiary/aromatic N) is 2. The molecule has 0 N–H and O–H groups in total. The third kappa shape index (κ3) is 11.0. The second-order valence-electron chi connectivity index (χ2n) is 10.5. The molecule has 1 saturated carbocycles. The van der Waals surface area contributed by atoms with Crippen LogP contribution in [0.1, 0.15) is 110 Å². The van der Waals surface area contributed by atoms with Crippen LogP contribution in [0.25, 0.3) is 11.4 Å². The van der Waals surface area contributed by atoms with Crippen molar-refractivity contribution in [2.75, 3.05) is 13.2 Å². The van der Waals surface area contributed by atoms with E-state index in [0.29, 0.717) is 18.3 Å². The lowest BCUT2D eigenvalue weighted by atomic mass is 9.99. The number of hydrogen-bond acceptors (Lipinski definition) is 4. The first-order valence-corrected chi connectivity index (χ1v) is 14.4. The van der Waals surface area contributed by atoms with Crippen LogP contribution in [-0.4, -0.2) is 23.2 Å². The lowest BCUT2D eigenvalue weighted by molar-refractivity contribution is 0.288. The Hall–Kier alpha value is -2.10. The zero-order valence-corrected chi connectivity index (χ0v) is 22.4. The van der Waals surface area contributed by atoms with Crippen molar-refractivity contribution in [2.24, 2.45) is 11.8 Å². The summed E-state index contributed by atoms with van der Waals surface area (Å²) in [6.07, 6.45) is 21.8.